The summed E-state index contributed by atoms with van der Waals surface area (Å²) in [7, 11) is 1.80. The number of aryl methyl sites for hydroxylation is 1. The van der Waals surface area contributed by atoms with E-state index in [1.807, 2.05) is 42.5 Å². The molecule has 0 aliphatic carbocycles. The Bertz CT molecular complexity index is 983. The first-order chi connectivity index (χ1) is 13.1. The zero-order valence-electron chi connectivity index (χ0n) is 14.7. The van der Waals surface area contributed by atoms with E-state index in [0.717, 1.165) is 27.0 Å². The molecule has 0 saturated heterocycles. The maximum absolute atomic E-state index is 12.8. The highest BCUT2D eigenvalue weighted by molar-refractivity contribution is 14.1. The van der Waals surface area contributed by atoms with Crippen molar-refractivity contribution in [2.45, 2.75) is 6.42 Å². The Balaban J connectivity index is 1.65. The normalized spacial score (nSPS) is 13.1. The van der Waals surface area contributed by atoms with Gasteiger partial charge in [0.05, 0.1) is 18.8 Å². The van der Waals surface area contributed by atoms with Crippen molar-refractivity contribution in [2.24, 2.45) is 7.05 Å². The van der Waals surface area contributed by atoms with Crippen LogP contribution in [0.5, 0.6) is 11.5 Å². The van der Waals surface area contributed by atoms with Crippen LogP contribution >= 0.6 is 22.6 Å². The van der Waals surface area contributed by atoms with E-state index in [9.17, 15) is 4.79 Å². The largest absolute Gasteiger partial charge is 0.490 e. The molecule has 0 saturated carbocycles. The van der Waals surface area contributed by atoms with E-state index in [4.69, 9.17) is 9.47 Å². The molecule has 138 valence electrons. The van der Waals surface area contributed by atoms with Gasteiger partial charge in [0, 0.05) is 34.5 Å². The van der Waals surface area contributed by atoms with E-state index >= 15 is 0 Å². The highest BCUT2D eigenvalue weighted by Gasteiger charge is 2.20. The maximum atomic E-state index is 12.8. The van der Waals surface area contributed by atoms with Gasteiger partial charge in [-0.25, -0.2) is 0 Å². The lowest BCUT2D eigenvalue weighted by Gasteiger charge is -2.09. The summed E-state index contributed by atoms with van der Waals surface area (Å²) >= 11 is 2.23. The van der Waals surface area contributed by atoms with Crippen molar-refractivity contribution in [3.8, 4) is 22.8 Å². The van der Waals surface area contributed by atoms with Crippen LogP contribution in [0.3, 0.4) is 0 Å². The minimum Gasteiger partial charge on any atom is -0.490 e. The molecule has 1 N–H and O–H groups in total. The zero-order valence-corrected chi connectivity index (χ0v) is 16.9. The summed E-state index contributed by atoms with van der Waals surface area (Å²) in [5.74, 6) is 1.20. The summed E-state index contributed by atoms with van der Waals surface area (Å²) in [6.07, 6.45) is 2.57. The number of halogens is 1. The number of hydrogen-bond acceptors (Lipinski definition) is 4. The van der Waals surface area contributed by atoms with Gasteiger partial charge < -0.3 is 14.8 Å². The van der Waals surface area contributed by atoms with Gasteiger partial charge in [-0.05, 0) is 65.1 Å². The third-order valence-electron chi connectivity index (χ3n) is 4.20. The quantitative estimate of drug-likeness (QED) is 0.580. The molecule has 7 heteroatoms. The summed E-state index contributed by atoms with van der Waals surface area (Å²) in [6.45, 7) is 1.25. The first kappa shape index (κ1) is 17.8. The lowest BCUT2D eigenvalue weighted by molar-refractivity contribution is 0.102. The summed E-state index contributed by atoms with van der Waals surface area (Å²) < 4.78 is 14.2. The number of ether oxygens (including phenoxy) is 2. The Morgan fingerprint density at radius 2 is 1.85 bits per heavy atom. The third-order valence-corrected chi connectivity index (χ3v) is 4.92. The highest BCUT2D eigenvalue weighted by atomic mass is 127. The number of aromatic nitrogens is 2. The van der Waals surface area contributed by atoms with Crippen LogP contribution in [0.25, 0.3) is 11.3 Å². The summed E-state index contributed by atoms with van der Waals surface area (Å²) in [6, 6.07) is 13.3. The van der Waals surface area contributed by atoms with Crippen molar-refractivity contribution in [3.63, 3.8) is 0 Å². The Morgan fingerprint density at radius 3 is 2.63 bits per heavy atom. The number of anilines is 1. The second-order valence-corrected chi connectivity index (χ2v) is 7.48. The van der Waals surface area contributed by atoms with Crippen LogP contribution in [0.1, 0.15) is 16.8 Å². The van der Waals surface area contributed by atoms with Gasteiger partial charge in [-0.1, -0.05) is 0 Å². The monoisotopic (exact) mass is 475 g/mol. The van der Waals surface area contributed by atoms with Crippen LogP contribution in [0.4, 0.5) is 5.69 Å². The van der Waals surface area contributed by atoms with Crippen LogP contribution in [0.2, 0.25) is 0 Å². The van der Waals surface area contributed by atoms with Crippen LogP contribution in [0.15, 0.2) is 48.7 Å². The smallest absolute Gasteiger partial charge is 0.259 e. The van der Waals surface area contributed by atoms with Gasteiger partial charge in [-0.3, -0.25) is 9.48 Å². The third kappa shape index (κ3) is 3.92. The minimum atomic E-state index is -0.202. The summed E-state index contributed by atoms with van der Waals surface area (Å²) in [5, 5.41) is 7.42. The molecular formula is C20H18IN3O3. The number of amides is 1. The fourth-order valence-corrected chi connectivity index (χ4v) is 3.27. The van der Waals surface area contributed by atoms with Crippen molar-refractivity contribution in [1.29, 1.82) is 0 Å². The molecule has 4 rings (SSSR count). The van der Waals surface area contributed by atoms with E-state index in [1.165, 1.54) is 0 Å². The van der Waals surface area contributed by atoms with Gasteiger partial charge in [0.25, 0.3) is 5.91 Å². The molecule has 1 aliphatic rings. The first-order valence-electron chi connectivity index (χ1n) is 8.61. The van der Waals surface area contributed by atoms with E-state index in [0.29, 0.717) is 30.2 Å². The van der Waals surface area contributed by atoms with Crippen molar-refractivity contribution >= 4 is 34.2 Å². The van der Waals surface area contributed by atoms with E-state index in [1.54, 1.807) is 17.9 Å². The standard InChI is InChI=1S/C20H18IN3O3/c1-24-12-16(20(25)22-15-6-4-14(21)5-7-15)19(23-24)13-3-8-17-18(11-13)27-10-2-9-26-17/h3-8,11-12H,2,9-10H2,1H3,(H,22,25). The number of benzene rings is 2. The van der Waals surface area contributed by atoms with Crippen LogP contribution < -0.4 is 14.8 Å². The molecule has 6 nitrogen and oxygen atoms in total. The zero-order chi connectivity index (χ0) is 18.8. The van der Waals surface area contributed by atoms with Crippen molar-refractivity contribution < 1.29 is 14.3 Å². The molecule has 3 aromatic rings. The fraction of sp³-hybridized carbons (Fsp3) is 0.200. The Morgan fingerprint density at radius 1 is 1.11 bits per heavy atom. The Kier molecular flexibility index (Phi) is 5.02. The molecule has 0 fully saturated rings. The number of nitrogens with one attached hydrogen (secondary N) is 1. The number of fused-ring (bicyclic) bond motifs is 1. The van der Waals surface area contributed by atoms with Crippen molar-refractivity contribution in [1.82, 2.24) is 9.78 Å². The molecule has 0 atom stereocenters. The molecule has 0 unspecified atom stereocenters. The predicted molar refractivity (Wildman–Crippen MR) is 111 cm³/mol. The van der Waals surface area contributed by atoms with Crippen LogP contribution in [0, 0.1) is 3.57 Å². The lowest BCUT2D eigenvalue weighted by Crippen LogP contribution is -2.12. The number of nitrogens with zero attached hydrogens (tertiary/aromatic N) is 2. The van der Waals surface area contributed by atoms with Crippen LogP contribution in [-0.4, -0.2) is 28.9 Å². The van der Waals surface area contributed by atoms with Crippen molar-refractivity contribution in [3.05, 3.63) is 57.8 Å². The highest BCUT2D eigenvalue weighted by Crippen LogP contribution is 2.35. The molecule has 2 heterocycles. The average Bonchev–Trinajstić information content (AvgIpc) is 2.91. The minimum absolute atomic E-state index is 0.202. The second-order valence-electron chi connectivity index (χ2n) is 6.24. The summed E-state index contributed by atoms with van der Waals surface area (Å²) in [5.41, 5.74) is 2.67. The molecule has 2 aromatic carbocycles. The average molecular weight is 475 g/mol. The van der Waals surface area contributed by atoms with Gasteiger partial charge in [0.1, 0.15) is 5.69 Å². The molecule has 1 aliphatic heterocycles. The summed E-state index contributed by atoms with van der Waals surface area (Å²) in [4.78, 5) is 12.8. The van der Waals surface area contributed by atoms with Gasteiger partial charge in [0.15, 0.2) is 11.5 Å². The first-order valence-corrected chi connectivity index (χ1v) is 9.68. The molecule has 0 bridgehead atoms. The Labute approximate surface area is 170 Å². The Hall–Kier alpha value is -2.55. The fourth-order valence-electron chi connectivity index (χ4n) is 2.91. The van der Waals surface area contributed by atoms with Crippen LogP contribution in [-0.2, 0) is 7.05 Å². The van der Waals surface area contributed by atoms with Crippen molar-refractivity contribution in [2.75, 3.05) is 18.5 Å². The molecule has 1 amide bonds. The second kappa shape index (κ2) is 7.59. The van der Waals surface area contributed by atoms with Gasteiger partial charge >= 0.3 is 0 Å². The molecule has 0 radical (unpaired) electrons. The molecular weight excluding hydrogens is 457 g/mol. The SMILES string of the molecule is Cn1cc(C(=O)Nc2ccc(I)cc2)c(-c2ccc3c(c2)OCCCO3)n1. The maximum Gasteiger partial charge on any atom is 0.259 e. The van der Waals surface area contributed by atoms with E-state index in [-0.39, 0.29) is 5.91 Å². The molecule has 27 heavy (non-hydrogen) atoms. The van der Waals surface area contributed by atoms with Gasteiger partial charge in [0.2, 0.25) is 0 Å². The number of carbonyl (C=O) groups is 1. The topological polar surface area (TPSA) is 65.4 Å². The number of carbonyl (C=O) groups excluding carboxylic acids is 1. The van der Waals surface area contributed by atoms with E-state index in [2.05, 4.69) is 33.0 Å². The lowest BCUT2D eigenvalue weighted by atomic mass is 10.1. The number of hydrogen-bond donors (Lipinski definition) is 1. The van der Waals surface area contributed by atoms with E-state index < -0.39 is 0 Å². The number of rotatable bonds is 3. The predicted octanol–water partition coefficient (Wildman–Crippen LogP) is 4.11. The van der Waals surface area contributed by atoms with Gasteiger partial charge in [-0.15, -0.1) is 0 Å². The van der Waals surface area contributed by atoms with Gasteiger partial charge in [-0.2, -0.15) is 5.10 Å². The molecule has 1 aromatic heterocycles. The molecule has 0 spiro atoms.